The lowest BCUT2D eigenvalue weighted by molar-refractivity contribution is 0.117. The summed E-state index contributed by atoms with van der Waals surface area (Å²) in [5.74, 6) is 2.39. The van der Waals surface area contributed by atoms with Crippen molar-refractivity contribution in [2.45, 2.75) is 51.1 Å². The molecule has 214 valence electrons. The average molecular weight is 577 g/mol. The number of allylic oxidation sites excluding steroid dienone is 4. The van der Waals surface area contributed by atoms with Crippen LogP contribution >= 0.6 is 7.82 Å². The maximum Gasteiger partial charge on any atom is 0.475 e. The highest BCUT2D eigenvalue weighted by molar-refractivity contribution is 7.48. The predicted octanol–water partition coefficient (Wildman–Crippen LogP) is 9.42. The van der Waals surface area contributed by atoms with Crippen LogP contribution in [0.2, 0.25) is 25.2 Å². The van der Waals surface area contributed by atoms with Gasteiger partial charge in [0.1, 0.15) is 0 Å². The van der Waals surface area contributed by atoms with Crippen LogP contribution in [0.4, 0.5) is 0 Å². The largest absolute Gasteiger partial charge is 0.475 e. The molecule has 2 saturated carbocycles. The van der Waals surface area contributed by atoms with Gasteiger partial charge in [-0.1, -0.05) is 111 Å². The van der Waals surface area contributed by atoms with E-state index in [1.807, 2.05) is 30.3 Å². The fourth-order valence-electron chi connectivity index (χ4n) is 7.06. The molecule has 3 aliphatic rings. The van der Waals surface area contributed by atoms with E-state index in [4.69, 9.17) is 13.6 Å². The third-order valence-electron chi connectivity index (χ3n) is 9.31. The first-order chi connectivity index (χ1) is 19.2. The summed E-state index contributed by atoms with van der Waals surface area (Å²) in [5, 5.41) is 0. The van der Waals surface area contributed by atoms with Crippen molar-refractivity contribution < 1.29 is 18.1 Å². The van der Waals surface area contributed by atoms with Crippen LogP contribution in [0, 0.1) is 35.5 Å². The zero-order valence-electron chi connectivity index (χ0n) is 24.2. The number of hydrogen-bond donors (Lipinski definition) is 0. The first-order valence-corrected chi connectivity index (χ1v) is 19.9. The Kier molecular flexibility index (Phi) is 9.49. The molecule has 2 aromatic rings. The summed E-state index contributed by atoms with van der Waals surface area (Å²) in [6.07, 6.45) is 15.3. The van der Waals surface area contributed by atoms with E-state index in [0.717, 1.165) is 17.5 Å². The molecule has 4 nitrogen and oxygen atoms in total. The van der Waals surface area contributed by atoms with E-state index in [9.17, 15) is 4.57 Å². The van der Waals surface area contributed by atoms with Gasteiger partial charge in [0.2, 0.25) is 0 Å². The zero-order chi connectivity index (χ0) is 28.2. The van der Waals surface area contributed by atoms with Crippen molar-refractivity contribution in [2.75, 3.05) is 13.2 Å². The molecular weight excluding hydrogens is 531 g/mol. The quantitative estimate of drug-likeness (QED) is 0.169. The molecule has 40 heavy (non-hydrogen) atoms. The minimum Gasteiger partial charge on any atom is -0.287 e. The van der Waals surface area contributed by atoms with Gasteiger partial charge >= 0.3 is 7.82 Å². The molecule has 0 amide bonds. The molecule has 0 aromatic heterocycles. The Hall–Kier alpha value is -2.01. The molecule has 0 N–H and O–H groups in total. The molecule has 0 spiro atoms. The highest BCUT2D eigenvalue weighted by Gasteiger charge is 2.47. The molecule has 5 rings (SSSR count). The summed E-state index contributed by atoms with van der Waals surface area (Å²) in [6.45, 7) is 12.7. The van der Waals surface area contributed by atoms with E-state index in [1.165, 1.54) is 18.4 Å². The monoisotopic (exact) mass is 576 g/mol. The van der Waals surface area contributed by atoms with Gasteiger partial charge in [0, 0.05) is 8.07 Å². The highest BCUT2D eigenvalue weighted by atomic mass is 31.2. The summed E-state index contributed by atoms with van der Waals surface area (Å²) in [5.41, 5.74) is 3.01. The summed E-state index contributed by atoms with van der Waals surface area (Å²) < 4.78 is 30.8. The van der Waals surface area contributed by atoms with Gasteiger partial charge in [-0.2, -0.15) is 0 Å². The molecule has 6 heteroatoms. The summed E-state index contributed by atoms with van der Waals surface area (Å²) in [7, 11) is -4.92. The minimum atomic E-state index is -3.61. The summed E-state index contributed by atoms with van der Waals surface area (Å²) in [6, 6.07) is 20.4. The van der Waals surface area contributed by atoms with Crippen molar-refractivity contribution in [3.05, 3.63) is 103 Å². The molecule has 6 unspecified atom stereocenters. The maximum absolute atomic E-state index is 13.3. The SMILES string of the molecule is C=C[C@@H]1CC(/C=C/C2CC(/C=C/c3ccccc3)C([Si](C)(C)C)C2)[C@@H]2COP(=O)(OCc3ccccc3)OCC21. The molecule has 2 aliphatic carbocycles. The number of phosphoric acid groups is 1. The van der Waals surface area contributed by atoms with Crippen LogP contribution in [0.1, 0.15) is 30.4 Å². The Balaban J connectivity index is 1.24. The topological polar surface area (TPSA) is 44.8 Å². The first kappa shape index (κ1) is 29.5. The van der Waals surface area contributed by atoms with Crippen LogP contribution < -0.4 is 0 Å². The van der Waals surface area contributed by atoms with E-state index >= 15 is 0 Å². The van der Waals surface area contributed by atoms with Crippen LogP contribution in [0.25, 0.3) is 6.08 Å². The van der Waals surface area contributed by atoms with E-state index in [1.54, 1.807) is 0 Å². The first-order valence-electron chi connectivity index (χ1n) is 14.9. The van der Waals surface area contributed by atoms with Gasteiger partial charge in [0.25, 0.3) is 0 Å². The fourth-order valence-corrected chi connectivity index (χ4v) is 10.8. The Morgan fingerprint density at radius 1 is 0.850 bits per heavy atom. The predicted molar refractivity (Wildman–Crippen MR) is 167 cm³/mol. The van der Waals surface area contributed by atoms with Gasteiger partial charge in [0.05, 0.1) is 19.8 Å². The average Bonchev–Trinajstić information content (AvgIpc) is 3.48. The van der Waals surface area contributed by atoms with Crippen molar-refractivity contribution in [3.63, 3.8) is 0 Å². The lowest BCUT2D eigenvalue weighted by atomic mass is 9.87. The number of phosphoric ester groups is 1. The minimum absolute atomic E-state index is 0.210. The molecule has 1 aliphatic heterocycles. The van der Waals surface area contributed by atoms with Crippen LogP contribution in [0.3, 0.4) is 0 Å². The highest BCUT2D eigenvalue weighted by Crippen LogP contribution is 2.57. The van der Waals surface area contributed by atoms with Crippen molar-refractivity contribution >= 4 is 22.0 Å². The molecule has 2 aromatic carbocycles. The number of hydrogen-bond acceptors (Lipinski definition) is 4. The van der Waals surface area contributed by atoms with E-state index in [2.05, 4.69) is 86.9 Å². The lowest BCUT2D eigenvalue weighted by Crippen LogP contribution is -2.30. The van der Waals surface area contributed by atoms with Gasteiger partial charge in [0.15, 0.2) is 0 Å². The molecule has 1 saturated heterocycles. The Morgan fingerprint density at radius 3 is 2.15 bits per heavy atom. The standard InChI is InChI=1S/C34H45O4PSi/c1-5-29-22-30(33-25-38-39(35,37-24-32(29)33)36-23-27-14-10-7-11-15-27)18-17-28-20-31(34(21-28)40(2,3)4)19-16-26-12-8-6-9-13-26/h5-19,28-34H,1,20-25H2,2-4H3/b18-17+,19-16+/t28?,29-,30?,31?,32?,33+,34?,39?/m1/s1. The molecule has 8 atom stereocenters. The van der Waals surface area contributed by atoms with Gasteiger partial charge in [-0.05, 0) is 71.4 Å². The Bertz CT molecular complexity index is 1220. The van der Waals surface area contributed by atoms with Crippen LogP contribution in [0.15, 0.2) is 91.5 Å². The number of benzene rings is 2. The second-order valence-electron chi connectivity index (χ2n) is 12.9. The maximum atomic E-state index is 13.3. The molecular formula is C34H45O4PSi. The second kappa shape index (κ2) is 12.9. The fraction of sp³-hybridized carbons (Fsp3) is 0.471. The summed E-state index contributed by atoms with van der Waals surface area (Å²) >= 11 is 0. The lowest BCUT2D eigenvalue weighted by Gasteiger charge is -2.29. The molecule has 1 heterocycles. The molecule has 0 radical (unpaired) electrons. The van der Waals surface area contributed by atoms with Gasteiger partial charge in [-0.3, -0.25) is 13.6 Å². The van der Waals surface area contributed by atoms with Crippen LogP contribution in [-0.4, -0.2) is 21.3 Å². The zero-order valence-corrected chi connectivity index (χ0v) is 26.1. The number of rotatable bonds is 9. The Morgan fingerprint density at radius 2 is 1.50 bits per heavy atom. The molecule has 3 fully saturated rings. The smallest absolute Gasteiger partial charge is 0.287 e. The normalized spacial score (nSPS) is 34.7. The molecule has 0 bridgehead atoms. The van der Waals surface area contributed by atoms with Crippen LogP contribution in [-0.2, 0) is 24.7 Å². The third-order valence-corrected chi connectivity index (χ3v) is 13.6. The van der Waals surface area contributed by atoms with Crippen molar-refractivity contribution in [1.29, 1.82) is 0 Å². The van der Waals surface area contributed by atoms with E-state index in [0.29, 0.717) is 36.9 Å². The summed E-state index contributed by atoms with van der Waals surface area (Å²) in [4.78, 5) is 0. The third kappa shape index (κ3) is 7.24. The second-order valence-corrected chi connectivity index (χ2v) is 20.1. The van der Waals surface area contributed by atoms with Gasteiger partial charge in [-0.15, -0.1) is 6.58 Å². The number of fused-ring (bicyclic) bond motifs is 1. The van der Waals surface area contributed by atoms with E-state index < -0.39 is 15.9 Å². The Labute approximate surface area is 242 Å². The van der Waals surface area contributed by atoms with Crippen molar-refractivity contribution in [3.8, 4) is 0 Å². The van der Waals surface area contributed by atoms with Gasteiger partial charge in [-0.25, -0.2) is 4.57 Å². The van der Waals surface area contributed by atoms with E-state index in [-0.39, 0.29) is 18.4 Å². The van der Waals surface area contributed by atoms with Crippen molar-refractivity contribution in [1.82, 2.24) is 0 Å². The van der Waals surface area contributed by atoms with Gasteiger partial charge < -0.3 is 0 Å². The van der Waals surface area contributed by atoms with Crippen LogP contribution in [0.5, 0.6) is 0 Å². The van der Waals surface area contributed by atoms with Crippen molar-refractivity contribution in [2.24, 2.45) is 35.5 Å².